The van der Waals surface area contributed by atoms with E-state index in [0.717, 1.165) is 11.4 Å². The summed E-state index contributed by atoms with van der Waals surface area (Å²) in [4.78, 5) is 4.38. The summed E-state index contributed by atoms with van der Waals surface area (Å²) in [5, 5.41) is 13.0. The van der Waals surface area contributed by atoms with Gasteiger partial charge in [0.25, 0.3) is 0 Å². The fourth-order valence-electron chi connectivity index (χ4n) is 1.21. The highest BCUT2D eigenvalue weighted by atomic mass is 16.3. The van der Waals surface area contributed by atoms with Crippen LogP contribution in [0, 0.1) is 6.92 Å². The fraction of sp³-hybridized carbons (Fsp3) is 0.583. The molecule has 0 spiro atoms. The summed E-state index contributed by atoms with van der Waals surface area (Å²) in [6, 6.07) is 5.99. The molecule has 0 saturated heterocycles. The third-order valence-electron chi connectivity index (χ3n) is 2.60. The SMILES string of the molecule is Cc1cccc(CNC(C)C(C)(C)O)n1. The molecule has 0 bridgehead atoms. The number of nitrogens with one attached hydrogen (secondary N) is 1. The van der Waals surface area contributed by atoms with E-state index >= 15 is 0 Å². The van der Waals surface area contributed by atoms with Crippen molar-refractivity contribution in [3.63, 3.8) is 0 Å². The molecule has 1 heterocycles. The molecule has 15 heavy (non-hydrogen) atoms. The van der Waals surface area contributed by atoms with Crippen LogP contribution >= 0.6 is 0 Å². The zero-order valence-corrected chi connectivity index (χ0v) is 9.91. The van der Waals surface area contributed by atoms with Gasteiger partial charge < -0.3 is 10.4 Å². The average Bonchev–Trinajstić information content (AvgIpc) is 2.12. The van der Waals surface area contributed by atoms with Crippen LogP contribution in [0.3, 0.4) is 0 Å². The minimum absolute atomic E-state index is 0.0415. The van der Waals surface area contributed by atoms with E-state index in [1.54, 1.807) is 13.8 Å². The summed E-state index contributed by atoms with van der Waals surface area (Å²) in [7, 11) is 0. The molecular formula is C12H20N2O. The van der Waals surface area contributed by atoms with Crippen LogP contribution in [0.5, 0.6) is 0 Å². The number of pyridine rings is 1. The van der Waals surface area contributed by atoms with Crippen LogP contribution in [0.2, 0.25) is 0 Å². The Morgan fingerprint density at radius 3 is 2.67 bits per heavy atom. The quantitative estimate of drug-likeness (QED) is 0.790. The maximum absolute atomic E-state index is 9.74. The first kappa shape index (κ1) is 12.1. The summed E-state index contributed by atoms with van der Waals surface area (Å²) >= 11 is 0. The minimum atomic E-state index is -0.705. The van der Waals surface area contributed by atoms with Crippen molar-refractivity contribution in [3.8, 4) is 0 Å². The molecular weight excluding hydrogens is 188 g/mol. The molecule has 0 aliphatic rings. The standard InChI is InChI=1S/C12H20N2O/c1-9-6-5-7-11(14-9)8-13-10(2)12(3,4)15/h5-7,10,13,15H,8H2,1-4H3. The monoisotopic (exact) mass is 208 g/mol. The van der Waals surface area contributed by atoms with Gasteiger partial charge in [-0.15, -0.1) is 0 Å². The number of aromatic nitrogens is 1. The maximum atomic E-state index is 9.74. The fourth-order valence-corrected chi connectivity index (χ4v) is 1.21. The molecule has 1 aromatic rings. The largest absolute Gasteiger partial charge is 0.389 e. The van der Waals surface area contributed by atoms with Gasteiger partial charge in [-0.2, -0.15) is 0 Å². The normalized spacial score (nSPS) is 13.9. The Balaban J connectivity index is 2.51. The van der Waals surface area contributed by atoms with E-state index in [0.29, 0.717) is 6.54 Å². The summed E-state index contributed by atoms with van der Waals surface area (Å²) in [6.07, 6.45) is 0. The Kier molecular flexibility index (Phi) is 3.83. The van der Waals surface area contributed by atoms with Crippen LogP contribution in [-0.2, 0) is 6.54 Å². The van der Waals surface area contributed by atoms with Crippen molar-refractivity contribution >= 4 is 0 Å². The number of hydrogen-bond donors (Lipinski definition) is 2. The molecule has 1 atom stereocenters. The Labute approximate surface area is 91.5 Å². The summed E-state index contributed by atoms with van der Waals surface area (Å²) in [5.74, 6) is 0. The van der Waals surface area contributed by atoms with E-state index in [9.17, 15) is 5.11 Å². The lowest BCUT2D eigenvalue weighted by atomic mass is 10.0. The number of aliphatic hydroxyl groups is 1. The summed E-state index contributed by atoms with van der Waals surface area (Å²) in [5.41, 5.74) is 1.32. The van der Waals surface area contributed by atoms with E-state index in [2.05, 4.69) is 10.3 Å². The van der Waals surface area contributed by atoms with Gasteiger partial charge in [0.1, 0.15) is 0 Å². The van der Waals surface area contributed by atoms with Crippen molar-refractivity contribution < 1.29 is 5.11 Å². The molecule has 0 radical (unpaired) electrons. The highest BCUT2D eigenvalue weighted by molar-refractivity contribution is 5.09. The van der Waals surface area contributed by atoms with Crippen LogP contribution in [0.1, 0.15) is 32.2 Å². The first-order valence-corrected chi connectivity index (χ1v) is 5.28. The predicted octanol–water partition coefficient (Wildman–Crippen LogP) is 1.64. The molecule has 0 aliphatic heterocycles. The lowest BCUT2D eigenvalue weighted by Crippen LogP contribution is -2.44. The van der Waals surface area contributed by atoms with Crippen molar-refractivity contribution in [1.82, 2.24) is 10.3 Å². The van der Waals surface area contributed by atoms with Crippen LogP contribution in [0.4, 0.5) is 0 Å². The van der Waals surface area contributed by atoms with E-state index in [1.807, 2.05) is 32.0 Å². The topological polar surface area (TPSA) is 45.1 Å². The smallest absolute Gasteiger partial charge is 0.0741 e. The highest BCUT2D eigenvalue weighted by Crippen LogP contribution is 2.08. The average molecular weight is 208 g/mol. The van der Waals surface area contributed by atoms with Gasteiger partial charge in [-0.3, -0.25) is 4.98 Å². The third kappa shape index (κ3) is 3.98. The molecule has 84 valence electrons. The maximum Gasteiger partial charge on any atom is 0.0741 e. The second-order valence-corrected chi connectivity index (χ2v) is 4.53. The van der Waals surface area contributed by atoms with Gasteiger partial charge in [0.2, 0.25) is 0 Å². The molecule has 1 unspecified atom stereocenters. The number of aryl methyl sites for hydroxylation is 1. The summed E-state index contributed by atoms with van der Waals surface area (Å²) < 4.78 is 0. The van der Waals surface area contributed by atoms with Gasteiger partial charge in [-0.1, -0.05) is 6.07 Å². The van der Waals surface area contributed by atoms with Crippen LogP contribution in [0.25, 0.3) is 0 Å². The predicted molar refractivity (Wildman–Crippen MR) is 61.6 cm³/mol. The van der Waals surface area contributed by atoms with Gasteiger partial charge in [0, 0.05) is 18.3 Å². The first-order valence-electron chi connectivity index (χ1n) is 5.28. The lowest BCUT2D eigenvalue weighted by molar-refractivity contribution is 0.0436. The van der Waals surface area contributed by atoms with Gasteiger partial charge in [0.05, 0.1) is 11.3 Å². The third-order valence-corrected chi connectivity index (χ3v) is 2.60. The number of hydrogen-bond acceptors (Lipinski definition) is 3. The van der Waals surface area contributed by atoms with E-state index in [1.165, 1.54) is 0 Å². The lowest BCUT2D eigenvalue weighted by Gasteiger charge is -2.26. The Hall–Kier alpha value is -0.930. The zero-order valence-electron chi connectivity index (χ0n) is 9.91. The van der Waals surface area contributed by atoms with E-state index in [-0.39, 0.29) is 6.04 Å². The molecule has 0 aromatic carbocycles. The van der Waals surface area contributed by atoms with Crippen LogP contribution in [-0.4, -0.2) is 21.7 Å². The first-order chi connectivity index (χ1) is 6.89. The molecule has 0 fully saturated rings. The highest BCUT2D eigenvalue weighted by Gasteiger charge is 2.21. The van der Waals surface area contributed by atoms with Gasteiger partial charge in [0.15, 0.2) is 0 Å². The Bertz CT molecular complexity index is 318. The number of rotatable bonds is 4. The van der Waals surface area contributed by atoms with Crippen molar-refractivity contribution in [2.24, 2.45) is 0 Å². The van der Waals surface area contributed by atoms with Gasteiger partial charge in [-0.25, -0.2) is 0 Å². The van der Waals surface area contributed by atoms with E-state index in [4.69, 9.17) is 0 Å². The molecule has 2 N–H and O–H groups in total. The van der Waals surface area contributed by atoms with Crippen molar-refractivity contribution in [1.29, 1.82) is 0 Å². The molecule has 3 nitrogen and oxygen atoms in total. The zero-order chi connectivity index (χ0) is 11.5. The van der Waals surface area contributed by atoms with Crippen molar-refractivity contribution in [2.75, 3.05) is 0 Å². The van der Waals surface area contributed by atoms with Crippen molar-refractivity contribution in [3.05, 3.63) is 29.6 Å². The molecule has 0 saturated carbocycles. The minimum Gasteiger partial charge on any atom is -0.389 e. The van der Waals surface area contributed by atoms with Crippen LogP contribution in [0.15, 0.2) is 18.2 Å². The van der Waals surface area contributed by atoms with Crippen LogP contribution < -0.4 is 5.32 Å². The number of nitrogens with zero attached hydrogens (tertiary/aromatic N) is 1. The second-order valence-electron chi connectivity index (χ2n) is 4.53. The van der Waals surface area contributed by atoms with Crippen molar-refractivity contribution in [2.45, 2.75) is 45.9 Å². The van der Waals surface area contributed by atoms with Gasteiger partial charge in [-0.05, 0) is 39.8 Å². The molecule has 0 aliphatic carbocycles. The summed E-state index contributed by atoms with van der Waals surface area (Å²) in [6.45, 7) is 8.23. The molecule has 0 amide bonds. The molecule has 1 aromatic heterocycles. The van der Waals surface area contributed by atoms with E-state index < -0.39 is 5.60 Å². The second kappa shape index (κ2) is 4.73. The molecule has 1 rings (SSSR count). The van der Waals surface area contributed by atoms with Gasteiger partial charge >= 0.3 is 0 Å². The Morgan fingerprint density at radius 1 is 1.47 bits per heavy atom. The molecule has 3 heteroatoms. The Morgan fingerprint density at radius 2 is 2.13 bits per heavy atom.